The highest BCUT2D eigenvalue weighted by Gasteiger charge is 2.60. The number of nitrogens with two attached hydrogens (primary N) is 1. The number of hydrogen-bond acceptors (Lipinski definition) is 9. The number of thioether (sulfide) groups is 1. The molecule has 5 heterocycles. The molecule has 224 valence electrons. The van der Waals surface area contributed by atoms with E-state index in [-0.39, 0.29) is 28.8 Å². The number of nitrogens with one attached hydrogen (secondary N) is 2. The van der Waals surface area contributed by atoms with E-state index < -0.39 is 60.3 Å². The fourth-order valence-corrected chi connectivity index (χ4v) is 7.61. The quantitative estimate of drug-likeness (QED) is 0.303. The van der Waals surface area contributed by atoms with Crippen LogP contribution in [0.1, 0.15) is 38.9 Å². The summed E-state index contributed by atoms with van der Waals surface area (Å²) in [4.78, 5) is 57.6. The zero-order valence-corrected chi connectivity index (χ0v) is 23.2. The molecule has 0 aliphatic carbocycles. The number of aliphatic carboxylic acids is 1. The zero-order chi connectivity index (χ0) is 29.8. The molecule has 1 unspecified atom stereocenters. The number of halogens is 3. The van der Waals surface area contributed by atoms with Gasteiger partial charge in [0.05, 0.1) is 18.0 Å². The Balaban J connectivity index is 1.23. The Morgan fingerprint density at radius 3 is 2.56 bits per heavy atom. The molecule has 17 heteroatoms. The molecule has 0 saturated carbocycles. The van der Waals surface area contributed by atoms with Crippen LogP contribution in [0.15, 0.2) is 10.6 Å². The van der Waals surface area contributed by atoms with Gasteiger partial charge >= 0.3 is 12.1 Å². The molecule has 0 radical (unpaired) electrons. The van der Waals surface area contributed by atoms with E-state index in [0.29, 0.717) is 22.6 Å². The largest absolute Gasteiger partial charge is 0.477 e. The number of nitrogens with zero attached hydrogens (tertiary/aromatic N) is 5. The second-order valence-corrected chi connectivity index (χ2v) is 12.1. The van der Waals surface area contributed by atoms with E-state index in [0.717, 1.165) is 25.9 Å². The summed E-state index contributed by atoms with van der Waals surface area (Å²) in [5, 5.41) is 19.0. The van der Waals surface area contributed by atoms with Gasteiger partial charge in [-0.1, -0.05) is 6.92 Å². The van der Waals surface area contributed by atoms with Crippen LogP contribution in [0.2, 0.25) is 0 Å². The Morgan fingerprint density at radius 1 is 1.27 bits per heavy atom. The molecule has 3 amide bonds. The first-order chi connectivity index (χ1) is 19.3. The molecular formula is C24H31F3N8O5S. The molecular weight excluding hydrogens is 569 g/mol. The fourth-order valence-electron chi connectivity index (χ4n) is 6.13. The number of aromatic nitrogens is 3. The van der Waals surface area contributed by atoms with Crippen molar-refractivity contribution < 1.29 is 37.5 Å². The lowest BCUT2D eigenvalue weighted by Gasteiger charge is -2.47. The van der Waals surface area contributed by atoms with Crippen molar-refractivity contribution in [1.29, 1.82) is 0 Å². The van der Waals surface area contributed by atoms with Crippen molar-refractivity contribution in [3.05, 3.63) is 16.4 Å². The van der Waals surface area contributed by atoms with Crippen molar-refractivity contribution in [1.82, 2.24) is 35.2 Å². The molecule has 0 spiro atoms. The lowest BCUT2D eigenvalue weighted by Crippen LogP contribution is -2.66. The van der Waals surface area contributed by atoms with Crippen molar-refractivity contribution in [2.45, 2.75) is 69.2 Å². The van der Waals surface area contributed by atoms with Crippen LogP contribution in [0.25, 0.3) is 0 Å². The second-order valence-electron chi connectivity index (χ2n) is 10.8. The minimum absolute atomic E-state index is 0.0579. The highest BCUT2D eigenvalue weighted by molar-refractivity contribution is 8.03. The average molecular weight is 601 g/mol. The number of fused-ring (bicyclic) bond motifs is 1. The van der Waals surface area contributed by atoms with Crippen molar-refractivity contribution in [3.63, 3.8) is 0 Å². The molecule has 13 nitrogen and oxygen atoms in total. The molecule has 4 aliphatic rings. The summed E-state index contributed by atoms with van der Waals surface area (Å²) >= 11 is 1.37. The number of nitrogen functional groups attached to an aromatic ring is 1. The summed E-state index contributed by atoms with van der Waals surface area (Å²) in [6.45, 7) is 4.78. The molecule has 5 N–H and O–H groups in total. The van der Waals surface area contributed by atoms with E-state index >= 15 is 0 Å². The van der Waals surface area contributed by atoms with Crippen LogP contribution in [0.3, 0.4) is 0 Å². The van der Waals surface area contributed by atoms with E-state index in [1.807, 2.05) is 11.8 Å². The van der Waals surface area contributed by atoms with Gasteiger partial charge in [-0.25, -0.2) is 9.48 Å². The van der Waals surface area contributed by atoms with E-state index in [4.69, 9.17) is 5.73 Å². The third-order valence-electron chi connectivity index (χ3n) is 8.07. The number of anilines is 1. The Labute approximate surface area is 237 Å². The lowest BCUT2D eigenvalue weighted by atomic mass is 9.78. The minimum atomic E-state index is -4.83. The summed E-state index contributed by atoms with van der Waals surface area (Å²) in [6, 6.07) is -1.60. The maximum absolute atomic E-state index is 13.2. The summed E-state index contributed by atoms with van der Waals surface area (Å²) in [5.74, 6) is -5.51. The first-order valence-corrected chi connectivity index (χ1v) is 14.2. The number of hydrogen-bond donors (Lipinski definition) is 4. The molecule has 3 fully saturated rings. The molecule has 5 rings (SSSR count). The van der Waals surface area contributed by atoms with E-state index in [1.165, 1.54) is 16.7 Å². The monoisotopic (exact) mass is 600 g/mol. The molecule has 6 atom stereocenters. The minimum Gasteiger partial charge on any atom is -0.477 e. The summed E-state index contributed by atoms with van der Waals surface area (Å²) < 4.78 is 39.2. The molecule has 4 aliphatic heterocycles. The number of carboxylic acids is 1. The average Bonchev–Trinajstić information content (AvgIpc) is 3.67. The van der Waals surface area contributed by atoms with E-state index in [2.05, 4.69) is 20.7 Å². The molecule has 41 heavy (non-hydrogen) atoms. The van der Waals surface area contributed by atoms with E-state index in [1.54, 1.807) is 6.92 Å². The van der Waals surface area contributed by atoms with Gasteiger partial charge in [-0.3, -0.25) is 14.4 Å². The van der Waals surface area contributed by atoms with Gasteiger partial charge in [0, 0.05) is 41.7 Å². The molecule has 1 aromatic heterocycles. The third-order valence-corrected chi connectivity index (χ3v) is 9.58. The smallest absolute Gasteiger partial charge is 0.453 e. The van der Waals surface area contributed by atoms with Crippen LogP contribution in [0.4, 0.5) is 19.1 Å². The first-order valence-electron chi connectivity index (χ1n) is 13.3. The second kappa shape index (κ2) is 10.8. The van der Waals surface area contributed by atoms with Crippen LogP contribution in [0.5, 0.6) is 0 Å². The Hall–Kier alpha value is -3.34. The summed E-state index contributed by atoms with van der Waals surface area (Å²) in [7, 11) is 0. The van der Waals surface area contributed by atoms with Gasteiger partial charge in [-0.15, -0.1) is 16.9 Å². The van der Waals surface area contributed by atoms with Gasteiger partial charge < -0.3 is 31.3 Å². The van der Waals surface area contributed by atoms with Gasteiger partial charge in [0.2, 0.25) is 23.7 Å². The Morgan fingerprint density at radius 2 is 1.95 bits per heavy atom. The Bertz CT molecular complexity index is 1300. The topological polar surface area (TPSA) is 176 Å². The number of carbonyl (C=O) groups is 4. The zero-order valence-electron chi connectivity index (χ0n) is 22.3. The molecule has 1 aromatic rings. The molecule has 3 saturated heterocycles. The predicted molar refractivity (Wildman–Crippen MR) is 139 cm³/mol. The SMILES string of the molecule is C[C@H]1C(S[C@@H]2CN[C@H](C(=O)N3CCCC3)C2)=C(C(=O)O)N2C(=O)[C@H]([C@@H](C)NC(=O)Cn3nc(C(F)(F)F)nc3N)C12. The standard InChI is InChI=1S/C24H31F3N8O5S/c1-10-16-15(11(2)30-14(36)9-34-23(28)31-22(32-34)24(25,26)27)20(38)35(16)17(21(39)40)18(10)41-12-7-13(29-8-12)19(37)33-5-3-4-6-33/h10-13,15-16,29H,3-9H2,1-2H3,(H,30,36)(H,39,40)(H2,28,31,32)/t10-,11-,12+,13+,15-,16?/m1/s1. The van der Waals surface area contributed by atoms with Gasteiger partial charge in [0.1, 0.15) is 12.2 Å². The van der Waals surface area contributed by atoms with Crippen LogP contribution >= 0.6 is 11.8 Å². The Kier molecular flexibility index (Phi) is 7.69. The number of alkyl halides is 3. The third kappa shape index (κ3) is 5.36. The lowest BCUT2D eigenvalue weighted by molar-refractivity contribution is -0.158. The highest BCUT2D eigenvalue weighted by atomic mass is 32.2. The molecule has 0 bridgehead atoms. The summed E-state index contributed by atoms with van der Waals surface area (Å²) in [5.41, 5.74) is 5.38. The normalized spacial score (nSPS) is 28.6. The number of rotatable bonds is 8. The summed E-state index contributed by atoms with van der Waals surface area (Å²) in [6.07, 6.45) is -2.31. The van der Waals surface area contributed by atoms with E-state index in [9.17, 15) is 37.5 Å². The number of carbonyl (C=O) groups excluding carboxylic acids is 3. The van der Waals surface area contributed by atoms with Gasteiger partial charge in [-0.05, 0) is 26.2 Å². The van der Waals surface area contributed by atoms with Crippen LogP contribution in [-0.4, -0.2) is 96.4 Å². The number of amides is 3. The maximum atomic E-state index is 13.2. The van der Waals surface area contributed by atoms with Crippen molar-refractivity contribution in [2.24, 2.45) is 11.8 Å². The maximum Gasteiger partial charge on any atom is 0.453 e. The van der Waals surface area contributed by atoms with Crippen molar-refractivity contribution in [2.75, 3.05) is 25.4 Å². The first kappa shape index (κ1) is 29.2. The van der Waals surface area contributed by atoms with Gasteiger partial charge in [0.25, 0.3) is 5.82 Å². The van der Waals surface area contributed by atoms with Crippen molar-refractivity contribution in [3.8, 4) is 0 Å². The number of likely N-dealkylation sites (tertiary alicyclic amines) is 1. The van der Waals surface area contributed by atoms with Crippen LogP contribution < -0.4 is 16.4 Å². The van der Waals surface area contributed by atoms with Crippen LogP contribution in [-0.2, 0) is 31.9 Å². The van der Waals surface area contributed by atoms with Crippen LogP contribution in [0, 0.1) is 11.8 Å². The predicted octanol–water partition coefficient (Wildman–Crippen LogP) is 0.243. The fraction of sp³-hybridized carbons (Fsp3) is 0.667. The van der Waals surface area contributed by atoms with Gasteiger partial charge in [0.15, 0.2) is 0 Å². The highest BCUT2D eigenvalue weighted by Crippen LogP contribution is 2.52. The number of carboxylic acid groups (broad SMARTS) is 1. The molecule has 0 aromatic carbocycles. The number of β-lactam (4-membered cyclic amide) rings is 1. The van der Waals surface area contributed by atoms with Crippen molar-refractivity contribution >= 4 is 41.4 Å². The van der Waals surface area contributed by atoms with Gasteiger partial charge in [-0.2, -0.15) is 18.2 Å².